The molecule has 1 saturated heterocycles. The second-order valence-electron chi connectivity index (χ2n) is 5.26. The second-order valence-corrected chi connectivity index (χ2v) is 6.17. The Balaban J connectivity index is 2.19. The van der Waals surface area contributed by atoms with Crippen molar-refractivity contribution in [2.24, 2.45) is 0 Å². The van der Waals surface area contributed by atoms with Gasteiger partial charge < -0.3 is 15.5 Å². The zero-order chi connectivity index (χ0) is 14.5. The molecule has 20 heavy (non-hydrogen) atoms. The molecule has 0 aliphatic carbocycles. The molecule has 0 spiro atoms. The summed E-state index contributed by atoms with van der Waals surface area (Å²) in [5.74, 6) is 2.72. The lowest BCUT2D eigenvalue weighted by Crippen LogP contribution is -2.35. The normalized spacial score (nSPS) is 17.1. The van der Waals surface area contributed by atoms with Crippen molar-refractivity contribution in [3.63, 3.8) is 0 Å². The molecule has 2 rings (SSSR count). The third-order valence-electron chi connectivity index (χ3n) is 3.65. The van der Waals surface area contributed by atoms with Crippen LogP contribution in [-0.4, -0.2) is 53.1 Å². The van der Waals surface area contributed by atoms with E-state index < -0.39 is 0 Å². The number of thioether (sulfide) groups is 1. The number of rotatable bonds is 5. The van der Waals surface area contributed by atoms with Gasteiger partial charge in [-0.05, 0) is 32.4 Å². The lowest BCUT2D eigenvalue weighted by atomic mass is 10.1. The van der Waals surface area contributed by atoms with Gasteiger partial charge in [0.2, 0.25) is 17.8 Å². The molecular formula is C13H24N6S. The number of hydrogen-bond donors (Lipinski definition) is 1. The third-order valence-corrected chi connectivity index (χ3v) is 4.47. The predicted octanol–water partition coefficient (Wildman–Crippen LogP) is 1.63. The summed E-state index contributed by atoms with van der Waals surface area (Å²) in [7, 11) is 2.01. The zero-order valence-corrected chi connectivity index (χ0v) is 13.4. The van der Waals surface area contributed by atoms with Crippen LogP contribution >= 0.6 is 11.8 Å². The molecular weight excluding hydrogens is 272 g/mol. The minimum Gasteiger partial charge on any atom is -0.368 e. The topological polar surface area (TPSA) is 71.2 Å². The Morgan fingerprint density at radius 2 is 1.95 bits per heavy atom. The van der Waals surface area contributed by atoms with Crippen LogP contribution in [0.1, 0.15) is 26.2 Å². The van der Waals surface area contributed by atoms with Crippen molar-refractivity contribution in [1.82, 2.24) is 15.0 Å². The van der Waals surface area contributed by atoms with E-state index in [1.165, 1.54) is 19.3 Å². The number of hydrogen-bond acceptors (Lipinski definition) is 7. The Kier molecular flexibility index (Phi) is 5.28. The summed E-state index contributed by atoms with van der Waals surface area (Å²) in [6, 6.07) is 0.362. The van der Waals surface area contributed by atoms with Gasteiger partial charge in [-0.2, -0.15) is 26.7 Å². The summed E-state index contributed by atoms with van der Waals surface area (Å²) in [5.41, 5.74) is 5.86. The number of piperidine rings is 1. The van der Waals surface area contributed by atoms with Crippen LogP contribution in [0.4, 0.5) is 17.8 Å². The first-order valence-corrected chi connectivity index (χ1v) is 8.49. The Morgan fingerprint density at radius 1 is 1.25 bits per heavy atom. The van der Waals surface area contributed by atoms with Gasteiger partial charge in [0, 0.05) is 31.9 Å². The summed E-state index contributed by atoms with van der Waals surface area (Å²) < 4.78 is 0. The van der Waals surface area contributed by atoms with Crippen LogP contribution in [0.15, 0.2) is 0 Å². The van der Waals surface area contributed by atoms with Gasteiger partial charge in [0.15, 0.2) is 0 Å². The highest BCUT2D eigenvalue weighted by Gasteiger charge is 2.18. The van der Waals surface area contributed by atoms with Crippen LogP contribution in [0.3, 0.4) is 0 Å². The lowest BCUT2D eigenvalue weighted by molar-refractivity contribution is 0.567. The molecule has 0 saturated carbocycles. The molecule has 2 N–H and O–H groups in total. The Bertz CT molecular complexity index is 435. The summed E-state index contributed by atoms with van der Waals surface area (Å²) in [5, 5.41) is 0. The monoisotopic (exact) mass is 296 g/mol. The first kappa shape index (κ1) is 15.2. The molecule has 1 aliphatic heterocycles. The molecule has 6 nitrogen and oxygen atoms in total. The van der Waals surface area contributed by atoms with Crippen LogP contribution in [-0.2, 0) is 0 Å². The highest BCUT2D eigenvalue weighted by molar-refractivity contribution is 7.98. The lowest BCUT2D eigenvalue weighted by Gasteiger charge is -2.29. The highest BCUT2D eigenvalue weighted by Crippen LogP contribution is 2.20. The molecule has 1 aliphatic rings. The Morgan fingerprint density at radius 3 is 2.60 bits per heavy atom. The van der Waals surface area contributed by atoms with Gasteiger partial charge in [-0.25, -0.2) is 0 Å². The van der Waals surface area contributed by atoms with Gasteiger partial charge in [-0.3, -0.25) is 0 Å². The third kappa shape index (κ3) is 3.65. The average molecular weight is 296 g/mol. The molecule has 1 atom stereocenters. The number of nitrogens with two attached hydrogens (primary N) is 1. The van der Waals surface area contributed by atoms with Gasteiger partial charge in [0.05, 0.1) is 0 Å². The van der Waals surface area contributed by atoms with Crippen LogP contribution in [0.25, 0.3) is 0 Å². The van der Waals surface area contributed by atoms with E-state index in [2.05, 4.69) is 37.9 Å². The van der Waals surface area contributed by atoms with E-state index in [0.29, 0.717) is 17.9 Å². The molecule has 2 heterocycles. The van der Waals surface area contributed by atoms with E-state index in [9.17, 15) is 0 Å². The fourth-order valence-electron chi connectivity index (χ4n) is 2.31. The fourth-order valence-corrected chi connectivity index (χ4v) is 3.02. The van der Waals surface area contributed by atoms with Crippen LogP contribution in [0.2, 0.25) is 0 Å². The van der Waals surface area contributed by atoms with E-state index >= 15 is 0 Å². The Hall–Kier alpha value is -1.24. The van der Waals surface area contributed by atoms with E-state index in [4.69, 9.17) is 5.73 Å². The van der Waals surface area contributed by atoms with Crippen molar-refractivity contribution in [3.05, 3.63) is 0 Å². The molecule has 0 aromatic carbocycles. The smallest absolute Gasteiger partial charge is 0.231 e. The van der Waals surface area contributed by atoms with E-state index in [1.54, 1.807) is 0 Å². The van der Waals surface area contributed by atoms with Gasteiger partial charge in [-0.15, -0.1) is 0 Å². The molecule has 1 unspecified atom stereocenters. The Labute approximate surface area is 125 Å². The van der Waals surface area contributed by atoms with Gasteiger partial charge in [0.25, 0.3) is 0 Å². The van der Waals surface area contributed by atoms with Crippen LogP contribution in [0.5, 0.6) is 0 Å². The van der Waals surface area contributed by atoms with Crippen molar-refractivity contribution in [1.29, 1.82) is 0 Å². The minimum absolute atomic E-state index is 0.304. The summed E-state index contributed by atoms with van der Waals surface area (Å²) >= 11 is 1.81. The van der Waals surface area contributed by atoms with Crippen molar-refractivity contribution in [2.45, 2.75) is 32.2 Å². The van der Waals surface area contributed by atoms with Crippen molar-refractivity contribution in [2.75, 3.05) is 47.7 Å². The minimum atomic E-state index is 0.304. The SMILES string of the molecule is CSCC(C)N(C)c1nc(N)nc(N2CCCCC2)n1. The quantitative estimate of drug-likeness (QED) is 0.885. The average Bonchev–Trinajstić information content (AvgIpc) is 2.47. The van der Waals surface area contributed by atoms with Crippen molar-refractivity contribution in [3.8, 4) is 0 Å². The molecule has 0 radical (unpaired) electrons. The van der Waals surface area contributed by atoms with Crippen molar-refractivity contribution < 1.29 is 0 Å². The maximum Gasteiger partial charge on any atom is 0.231 e. The van der Waals surface area contributed by atoms with E-state index in [0.717, 1.165) is 24.8 Å². The molecule has 1 aromatic rings. The first-order valence-electron chi connectivity index (χ1n) is 7.10. The van der Waals surface area contributed by atoms with Crippen molar-refractivity contribution >= 4 is 29.6 Å². The summed E-state index contributed by atoms with van der Waals surface area (Å²) in [4.78, 5) is 17.5. The highest BCUT2D eigenvalue weighted by atomic mass is 32.2. The first-order chi connectivity index (χ1) is 9.61. The maximum atomic E-state index is 5.86. The van der Waals surface area contributed by atoms with E-state index in [1.807, 2.05) is 18.8 Å². The van der Waals surface area contributed by atoms with Crippen LogP contribution < -0.4 is 15.5 Å². The zero-order valence-electron chi connectivity index (χ0n) is 12.5. The second kappa shape index (κ2) is 6.97. The summed E-state index contributed by atoms with van der Waals surface area (Å²) in [6.45, 7) is 4.18. The van der Waals surface area contributed by atoms with Gasteiger partial charge >= 0.3 is 0 Å². The predicted molar refractivity (Wildman–Crippen MR) is 86.6 cm³/mol. The summed E-state index contributed by atoms with van der Waals surface area (Å²) in [6.07, 6.45) is 5.78. The molecule has 7 heteroatoms. The number of nitrogen functional groups attached to an aromatic ring is 1. The fraction of sp³-hybridized carbons (Fsp3) is 0.769. The number of aromatic nitrogens is 3. The molecule has 112 valence electrons. The molecule has 0 bridgehead atoms. The molecule has 0 amide bonds. The molecule has 1 fully saturated rings. The largest absolute Gasteiger partial charge is 0.368 e. The maximum absolute atomic E-state index is 5.86. The van der Waals surface area contributed by atoms with Gasteiger partial charge in [-0.1, -0.05) is 0 Å². The number of anilines is 3. The van der Waals surface area contributed by atoms with Crippen LogP contribution in [0, 0.1) is 0 Å². The molecule has 1 aromatic heterocycles. The number of nitrogens with zero attached hydrogens (tertiary/aromatic N) is 5. The standard InChI is InChI=1S/C13H24N6S/c1-10(9-20-3)18(2)12-15-11(14)16-13(17-12)19-7-5-4-6-8-19/h10H,4-9H2,1-3H3,(H2,14,15,16,17). The van der Waals surface area contributed by atoms with E-state index in [-0.39, 0.29) is 0 Å². The van der Waals surface area contributed by atoms with Gasteiger partial charge in [0.1, 0.15) is 0 Å².